The fourth-order valence-corrected chi connectivity index (χ4v) is 2.41. The van der Waals surface area contributed by atoms with Gasteiger partial charge in [0.25, 0.3) is 5.91 Å². The van der Waals surface area contributed by atoms with Crippen molar-refractivity contribution in [1.29, 1.82) is 0 Å². The number of carbonyl (C=O) groups excluding carboxylic acids is 1. The van der Waals surface area contributed by atoms with Crippen LogP contribution in [0, 0.1) is 5.82 Å². The zero-order valence-corrected chi connectivity index (χ0v) is 14.1. The lowest BCUT2D eigenvalue weighted by Crippen LogP contribution is -2.12. The van der Waals surface area contributed by atoms with E-state index >= 15 is 0 Å². The minimum Gasteiger partial charge on any atom is -0.338 e. The van der Waals surface area contributed by atoms with E-state index < -0.39 is 5.82 Å². The molecule has 0 radical (unpaired) electrons. The molecule has 0 aliphatic rings. The number of carbonyl (C=O) groups is 1. The van der Waals surface area contributed by atoms with Crippen molar-refractivity contribution in [1.82, 2.24) is 9.97 Å². The van der Waals surface area contributed by atoms with E-state index in [2.05, 4.69) is 20.6 Å². The van der Waals surface area contributed by atoms with Gasteiger partial charge < -0.3 is 10.6 Å². The lowest BCUT2D eigenvalue weighted by molar-refractivity contribution is 0.102. The number of nitrogens with zero attached hydrogens (tertiary/aromatic N) is 2. The Labute approximate surface area is 152 Å². The van der Waals surface area contributed by atoms with Gasteiger partial charge in [0.2, 0.25) is 5.28 Å². The van der Waals surface area contributed by atoms with Gasteiger partial charge in [-0.05, 0) is 41.9 Å². The summed E-state index contributed by atoms with van der Waals surface area (Å²) in [5.41, 5.74) is 1.43. The van der Waals surface area contributed by atoms with Gasteiger partial charge >= 0.3 is 0 Å². The van der Waals surface area contributed by atoms with Gasteiger partial charge in [0.1, 0.15) is 0 Å². The number of halogens is 3. The van der Waals surface area contributed by atoms with Gasteiger partial charge in [0.05, 0.1) is 16.9 Å². The van der Waals surface area contributed by atoms with Gasteiger partial charge in [0.15, 0.2) is 11.6 Å². The maximum absolute atomic E-state index is 13.7. The number of hydrogen-bond acceptors (Lipinski definition) is 4. The van der Waals surface area contributed by atoms with Crippen molar-refractivity contribution >= 4 is 46.3 Å². The van der Waals surface area contributed by atoms with E-state index in [0.29, 0.717) is 16.9 Å². The highest BCUT2D eigenvalue weighted by Crippen LogP contribution is 2.28. The van der Waals surface area contributed by atoms with E-state index in [-0.39, 0.29) is 22.0 Å². The first-order valence-corrected chi connectivity index (χ1v) is 7.89. The summed E-state index contributed by atoms with van der Waals surface area (Å²) in [6, 6.07) is 13.5. The van der Waals surface area contributed by atoms with Crippen molar-refractivity contribution in [3.63, 3.8) is 0 Å². The van der Waals surface area contributed by atoms with Crippen LogP contribution >= 0.6 is 23.2 Å². The quantitative estimate of drug-likeness (QED) is 0.634. The first-order valence-electron chi connectivity index (χ1n) is 7.14. The SMILES string of the molecule is O=C(Nc1ccc(Nc2nc(Cl)ncc2F)cc1Cl)c1ccccc1. The molecule has 1 amide bonds. The molecule has 25 heavy (non-hydrogen) atoms. The first kappa shape index (κ1) is 17.1. The van der Waals surface area contributed by atoms with Gasteiger partial charge in [-0.2, -0.15) is 4.98 Å². The molecule has 0 aliphatic carbocycles. The van der Waals surface area contributed by atoms with Crippen molar-refractivity contribution in [2.24, 2.45) is 0 Å². The number of anilines is 3. The molecule has 0 fully saturated rings. The normalized spacial score (nSPS) is 10.4. The molecule has 2 N–H and O–H groups in total. The van der Waals surface area contributed by atoms with E-state index in [4.69, 9.17) is 23.2 Å². The highest BCUT2D eigenvalue weighted by atomic mass is 35.5. The molecule has 3 aromatic rings. The molecule has 0 spiro atoms. The van der Waals surface area contributed by atoms with Gasteiger partial charge in [-0.1, -0.05) is 29.8 Å². The molecule has 0 atom stereocenters. The molecular weight excluding hydrogens is 366 g/mol. The summed E-state index contributed by atoms with van der Waals surface area (Å²) in [6.45, 7) is 0. The van der Waals surface area contributed by atoms with Gasteiger partial charge in [-0.25, -0.2) is 9.37 Å². The topological polar surface area (TPSA) is 66.9 Å². The second kappa shape index (κ2) is 7.46. The predicted octanol–water partition coefficient (Wildman–Crippen LogP) is 4.92. The zero-order valence-electron chi connectivity index (χ0n) is 12.6. The van der Waals surface area contributed by atoms with Crippen LogP contribution in [0.25, 0.3) is 0 Å². The van der Waals surface area contributed by atoms with Gasteiger partial charge in [-0.15, -0.1) is 0 Å². The monoisotopic (exact) mass is 376 g/mol. The first-order chi connectivity index (χ1) is 12.0. The molecule has 126 valence electrons. The Morgan fingerprint density at radius 3 is 2.56 bits per heavy atom. The molecule has 0 saturated heterocycles. The average molecular weight is 377 g/mol. The molecule has 0 bridgehead atoms. The number of hydrogen-bond donors (Lipinski definition) is 2. The van der Waals surface area contributed by atoms with E-state index in [0.717, 1.165) is 6.20 Å². The summed E-state index contributed by atoms with van der Waals surface area (Å²) in [6.07, 6.45) is 0.966. The Balaban J connectivity index is 1.77. The molecule has 0 aliphatic heterocycles. The summed E-state index contributed by atoms with van der Waals surface area (Å²) in [7, 11) is 0. The summed E-state index contributed by atoms with van der Waals surface area (Å²) in [5, 5.41) is 5.68. The minimum absolute atomic E-state index is 0.0721. The van der Waals surface area contributed by atoms with Crippen molar-refractivity contribution < 1.29 is 9.18 Å². The Hall–Kier alpha value is -2.70. The van der Waals surface area contributed by atoms with Crippen LogP contribution in [-0.4, -0.2) is 15.9 Å². The predicted molar refractivity (Wildman–Crippen MR) is 96.1 cm³/mol. The van der Waals surface area contributed by atoms with Crippen molar-refractivity contribution in [3.8, 4) is 0 Å². The van der Waals surface area contributed by atoms with Crippen LogP contribution in [0.2, 0.25) is 10.3 Å². The van der Waals surface area contributed by atoms with E-state index in [1.807, 2.05) is 6.07 Å². The maximum atomic E-state index is 13.7. The maximum Gasteiger partial charge on any atom is 0.255 e. The Morgan fingerprint density at radius 2 is 1.84 bits per heavy atom. The molecule has 0 saturated carbocycles. The van der Waals surface area contributed by atoms with Crippen molar-refractivity contribution in [2.45, 2.75) is 0 Å². The van der Waals surface area contributed by atoms with Crippen LogP contribution in [0.1, 0.15) is 10.4 Å². The second-order valence-electron chi connectivity index (χ2n) is 4.98. The molecule has 0 unspecified atom stereocenters. The summed E-state index contributed by atoms with van der Waals surface area (Å²) in [5.74, 6) is -1.00. The largest absolute Gasteiger partial charge is 0.338 e. The van der Waals surface area contributed by atoms with Crippen molar-refractivity contribution in [3.05, 3.63) is 76.4 Å². The van der Waals surface area contributed by atoms with E-state index in [9.17, 15) is 9.18 Å². The van der Waals surface area contributed by atoms with E-state index in [1.165, 1.54) is 6.07 Å². The fraction of sp³-hybridized carbons (Fsp3) is 0. The van der Waals surface area contributed by atoms with E-state index in [1.54, 1.807) is 36.4 Å². The third kappa shape index (κ3) is 4.23. The number of aromatic nitrogens is 2. The molecule has 3 rings (SSSR count). The number of benzene rings is 2. The second-order valence-corrected chi connectivity index (χ2v) is 5.72. The van der Waals surface area contributed by atoms with Crippen LogP contribution in [0.3, 0.4) is 0 Å². The Morgan fingerprint density at radius 1 is 1.08 bits per heavy atom. The van der Waals surface area contributed by atoms with Gasteiger partial charge in [-0.3, -0.25) is 4.79 Å². The smallest absolute Gasteiger partial charge is 0.255 e. The molecule has 5 nitrogen and oxygen atoms in total. The third-order valence-corrected chi connectivity index (χ3v) is 3.73. The summed E-state index contributed by atoms with van der Waals surface area (Å²) in [4.78, 5) is 19.5. The summed E-state index contributed by atoms with van der Waals surface area (Å²) < 4.78 is 13.7. The standard InChI is InChI=1S/C17H11Cl2FN4O/c18-12-8-11(22-15-13(20)9-21-17(19)24-15)6-7-14(12)23-16(25)10-4-2-1-3-5-10/h1-9H,(H,23,25)(H,21,22,24). The average Bonchev–Trinajstić information content (AvgIpc) is 2.61. The number of rotatable bonds is 4. The number of nitrogens with one attached hydrogen (secondary N) is 2. The van der Waals surface area contributed by atoms with Crippen LogP contribution < -0.4 is 10.6 Å². The van der Waals surface area contributed by atoms with Crippen molar-refractivity contribution in [2.75, 3.05) is 10.6 Å². The molecule has 8 heteroatoms. The summed E-state index contributed by atoms with van der Waals surface area (Å²) >= 11 is 11.8. The van der Waals surface area contributed by atoms with Crippen LogP contribution in [0.4, 0.5) is 21.6 Å². The number of amides is 1. The zero-order chi connectivity index (χ0) is 17.8. The van der Waals surface area contributed by atoms with Crippen LogP contribution in [-0.2, 0) is 0 Å². The Bertz CT molecular complexity index is 922. The third-order valence-electron chi connectivity index (χ3n) is 3.23. The molecule has 2 aromatic carbocycles. The lowest BCUT2D eigenvalue weighted by atomic mass is 10.2. The molecule has 1 heterocycles. The highest BCUT2D eigenvalue weighted by molar-refractivity contribution is 6.34. The fourth-order valence-electron chi connectivity index (χ4n) is 2.05. The highest BCUT2D eigenvalue weighted by Gasteiger charge is 2.10. The Kier molecular flexibility index (Phi) is 5.11. The van der Waals surface area contributed by atoms with Crippen LogP contribution in [0.5, 0.6) is 0 Å². The lowest BCUT2D eigenvalue weighted by Gasteiger charge is -2.11. The minimum atomic E-state index is -0.651. The van der Waals surface area contributed by atoms with Crippen LogP contribution in [0.15, 0.2) is 54.7 Å². The van der Waals surface area contributed by atoms with Gasteiger partial charge in [0, 0.05) is 11.3 Å². The molecular formula is C17H11Cl2FN4O. The molecule has 1 aromatic heterocycles.